The predicted molar refractivity (Wildman–Crippen MR) is 45.9 cm³/mol. The van der Waals surface area contributed by atoms with Gasteiger partial charge >= 0.3 is 86.0 Å². The van der Waals surface area contributed by atoms with Crippen LogP contribution in [-0.4, -0.2) is 39.0 Å². The summed E-state index contributed by atoms with van der Waals surface area (Å²) < 4.78 is 1.39. The third-order valence-corrected chi connectivity index (χ3v) is 2.45. The zero-order valence-corrected chi connectivity index (χ0v) is 9.31. The monoisotopic (exact) mass is 166 g/mol. The molecule has 11 heavy (non-hydrogen) atoms. The van der Waals surface area contributed by atoms with E-state index in [1.807, 2.05) is 0 Å². The number of aliphatic carboxylic acids is 1. The first-order valence-corrected chi connectivity index (χ1v) is 5.90. The van der Waals surface area contributed by atoms with Gasteiger partial charge in [0, 0.05) is 0 Å². The van der Waals surface area contributed by atoms with Crippen LogP contribution in [0.4, 0.5) is 0 Å². The van der Waals surface area contributed by atoms with Gasteiger partial charge in [-0.3, -0.25) is 0 Å². The van der Waals surface area contributed by atoms with Crippen molar-refractivity contribution in [2.24, 2.45) is 0 Å². The first-order chi connectivity index (χ1) is 5.27. The van der Waals surface area contributed by atoms with E-state index >= 15 is 0 Å². The number of carbonyl (C=O) groups is 1. The summed E-state index contributed by atoms with van der Waals surface area (Å²) in [6, 6.07) is 0. The Kier molecular flexibility index (Phi) is 8.93. The molecule has 0 aliphatic carbocycles. The van der Waals surface area contributed by atoms with Crippen LogP contribution < -0.4 is 0 Å². The van der Waals surface area contributed by atoms with Crippen LogP contribution >= 0.6 is 0 Å². The Bertz CT molecular complexity index is 104. The van der Waals surface area contributed by atoms with Crippen molar-refractivity contribution in [1.29, 1.82) is 0 Å². The van der Waals surface area contributed by atoms with E-state index in [9.17, 15) is 4.79 Å². The predicted octanol–water partition coefficient (Wildman–Crippen LogP) is 2.00. The second kappa shape index (κ2) is 8.57. The van der Waals surface area contributed by atoms with Crippen LogP contribution in [0.5, 0.6) is 0 Å². The van der Waals surface area contributed by atoms with Crippen molar-refractivity contribution < 1.29 is 9.90 Å². The summed E-state index contributed by atoms with van der Waals surface area (Å²) in [5, 5.41) is 8.32. The second-order valence-electron chi connectivity index (χ2n) is 2.91. The minimum atomic E-state index is -0.659. The number of carboxylic acid groups (broad SMARTS) is 1. The summed E-state index contributed by atoms with van der Waals surface area (Å²) >= 11 is 1.31. The fraction of sp³-hybridized carbons (Fsp3) is 0.875. The molecule has 0 atom stereocenters. The van der Waals surface area contributed by atoms with Gasteiger partial charge < -0.3 is 0 Å². The summed E-state index contributed by atoms with van der Waals surface area (Å²) in [4.78, 5) is 10.1. The molecule has 0 spiro atoms. The minimum absolute atomic E-state index is 0.348. The van der Waals surface area contributed by atoms with Crippen LogP contribution in [0.25, 0.3) is 0 Å². The maximum absolute atomic E-state index is 10.1. The summed E-state index contributed by atoms with van der Waals surface area (Å²) in [7, 11) is 0. The van der Waals surface area contributed by atoms with Crippen LogP contribution in [0.3, 0.4) is 0 Å². The molecule has 0 aromatic heterocycles. The molecule has 0 unspecified atom stereocenters. The van der Waals surface area contributed by atoms with Gasteiger partial charge in [0.05, 0.1) is 0 Å². The Morgan fingerprint density at radius 1 is 1.09 bits per heavy atom. The molecular weight excluding hydrogens is 151 g/mol. The van der Waals surface area contributed by atoms with Gasteiger partial charge in [-0.15, -0.1) is 0 Å². The summed E-state index contributed by atoms with van der Waals surface area (Å²) in [5.41, 5.74) is 0. The normalized spacial score (nSPS) is 10.0. The van der Waals surface area contributed by atoms with Crippen molar-refractivity contribution in [1.82, 2.24) is 0 Å². The van der Waals surface area contributed by atoms with E-state index in [1.165, 1.54) is 50.9 Å². The Morgan fingerprint density at radius 3 is 2.18 bits per heavy atom. The molecule has 0 fully saturated rings. The SMILES string of the molecule is O=C(O)CCCCCC[CH2][Na]. The molecule has 0 saturated heterocycles. The Balaban J connectivity index is 2.85. The number of hydrogen-bond acceptors (Lipinski definition) is 1. The molecule has 0 amide bonds. The van der Waals surface area contributed by atoms with Crippen LogP contribution in [-0.2, 0) is 4.79 Å². The number of unbranched alkanes of at least 4 members (excludes halogenated alkanes) is 4. The molecule has 60 valence electrons. The van der Waals surface area contributed by atoms with Crippen LogP contribution in [0.2, 0.25) is 3.67 Å². The van der Waals surface area contributed by atoms with Gasteiger partial charge in [-0.1, -0.05) is 0 Å². The molecule has 0 aliphatic heterocycles. The molecule has 0 aromatic carbocycles. The van der Waals surface area contributed by atoms with Crippen molar-refractivity contribution in [2.75, 3.05) is 0 Å². The summed E-state index contributed by atoms with van der Waals surface area (Å²) in [6.45, 7) is 0. The Hall–Kier alpha value is 0.470. The number of carboxylic acids is 1. The van der Waals surface area contributed by atoms with Crippen molar-refractivity contribution >= 4 is 33.9 Å². The Labute approximate surface area is 85.8 Å². The average molecular weight is 166 g/mol. The van der Waals surface area contributed by atoms with E-state index in [4.69, 9.17) is 5.11 Å². The molecule has 0 saturated carbocycles. The van der Waals surface area contributed by atoms with Crippen molar-refractivity contribution in [3.05, 3.63) is 0 Å². The quantitative estimate of drug-likeness (QED) is 0.464. The topological polar surface area (TPSA) is 37.3 Å². The molecule has 3 heteroatoms. The van der Waals surface area contributed by atoms with Crippen molar-refractivity contribution in [2.45, 2.75) is 42.2 Å². The van der Waals surface area contributed by atoms with Crippen LogP contribution in [0, 0.1) is 0 Å². The van der Waals surface area contributed by atoms with Crippen molar-refractivity contribution in [3.63, 3.8) is 0 Å². The molecule has 2 nitrogen and oxygen atoms in total. The standard InChI is InChI=1S/C8H15O2.Na/c1-2-3-4-5-6-7-8(9)10;/h1-7H2,(H,9,10);. The van der Waals surface area contributed by atoms with Gasteiger partial charge in [0.1, 0.15) is 0 Å². The first-order valence-electron chi connectivity index (χ1n) is 4.49. The van der Waals surface area contributed by atoms with Gasteiger partial charge in [0.2, 0.25) is 0 Å². The number of rotatable bonds is 7. The fourth-order valence-electron chi connectivity index (χ4n) is 1.06. The first kappa shape index (κ1) is 11.5. The van der Waals surface area contributed by atoms with Crippen LogP contribution in [0.15, 0.2) is 0 Å². The van der Waals surface area contributed by atoms with E-state index in [2.05, 4.69) is 0 Å². The van der Waals surface area contributed by atoms with E-state index in [-0.39, 0.29) is 0 Å². The molecule has 0 bridgehead atoms. The average Bonchev–Trinajstić information content (AvgIpc) is 1.96. The van der Waals surface area contributed by atoms with Crippen molar-refractivity contribution in [3.8, 4) is 0 Å². The maximum atomic E-state index is 10.1. The van der Waals surface area contributed by atoms with E-state index < -0.39 is 5.97 Å². The Morgan fingerprint density at radius 2 is 1.64 bits per heavy atom. The van der Waals surface area contributed by atoms with Gasteiger partial charge in [0.25, 0.3) is 0 Å². The molecular formula is C8H15NaO2. The third-order valence-electron chi connectivity index (χ3n) is 1.74. The zero-order valence-electron chi connectivity index (χ0n) is 7.31. The van der Waals surface area contributed by atoms with E-state index in [0.29, 0.717) is 6.42 Å². The van der Waals surface area contributed by atoms with Gasteiger partial charge in [0.15, 0.2) is 0 Å². The molecule has 0 aromatic rings. The third kappa shape index (κ3) is 10.5. The van der Waals surface area contributed by atoms with E-state index in [1.54, 1.807) is 0 Å². The molecule has 0 aliphatic rings. The number of hydrogen-bond donors (Lipinski definition) is 1. The van der Waals surface area contributed by atoms with Gasteiger partial charge in [-0.2, -0.15) is 0 Å². The fourth-order valence-corrected chi connectivity index (χ4v) is 1.56. The molecule has 0 radical (unpaired) electrons. The molecule has 1 N–H and O–H groups in total. The van der Waals surface area contributed by atoms with Gasteiger partial charge in [-0.05, 0) is 0 Å². The van der Waals surface area contributed by atoms with Gasteiger partial charge in [-0.25, -0.2) is 0 Å². The van der Waals surface area contributed by atoms with Crippen LogP contribution in [0.1, 0.15) is 38.5 Å². The molecule has 0 heterocycles. The second-order valence-corrected chi connectivity index (χ2v) is 3.91. The summed E-state index contributed by atoms with van der Waals surface area (Å²) in [6.07, 6.45) is 6.16. The molecule has 0 rings (SSSR count). The zero-order chi connectivity index (χ0) is 8.53. The summed E-state index contributed by atoms with van der Waals surface area (Å²) in [5.74, 6) is -0.659. The van der Waals surface area contributed by atoms with E-state index in [0.717, 1.165) is 12.8 Å².